The summed E-state index contributed by atoms with van der Waals surface area (Å²) in [4.78, 5) is 4.38. The van der Waals surface area contributed by atoms with Gasteiger partial charge in [0.2, 0.25) is 0 Å². The first-order valence-corrected chi connectivity index (χ1v) is 5.91. The molecule has 0 saturated heterocycles. The summed E-state index contributed by atoms with van der Waals surface area (Å²) in [6, 6.07) is 1.96. The Morgan fingerprint density at radius 1 is 1.28 bits per heavy atom. The van der Waals surface area contributed by atoms with E-state index < -0.39 is 5.60 Å². The summed E-state index contributed by atoms with van der Waals surface area (Å²) in [5, 5.41) is 18.6. The first-order valence-electron chi connectivity index (χ1n) is 5.91. The maximum absolute atomic E-state index is 9.90. The number of aryl methyl sites for hydroxylation is 3. The SMILES string of the molecule is Cc1nc(-c2cc(C)n(C)n2)n(CC(C)(C)O)n1. The van der Waals surface area contributed by atoms with Crippen molar-refractivity contribution in [2.75, 3.05) is 0 Å². The summed E-state index contributed by atoms with van der Waals surface area (Å²) in [5.41, 5.74) is 0.999. The third-order valence-electron chi connectivity index (χ3n) is 2.66. The van der Waals surface area contributed by atoms with Crippen molar-refractivity contribution in [2.24, 2.45) is 7.05 Å². The van der Waals surface area contributed by atoms with E-state index in [9.17, 15) is 5.11 Å². The molecule has 0 atom stereocenters. The lowest BCUT2D eigenvalue weighted by Gasteiger charge is -2.17. The number of aliphatic hydroxyl groups is 1. The summed E-state index contributed by atoms with van der Waals surface area (Å²) in [7, 11) is 1.89. The highest BCUT2D eigenvalue weighted by Gasteiger charge is 2.20. The third-order valence-corrected chi connectivity index (χ3v) is 2.66. The number of hydrogen-bond acceptors (Lipinski definition) is 4. The fourth-order valence-corrected chi connectivity index (χ4v) is 1.79. The molecule has 0 bridgehead atoms. The van der Waals surface area contributed by atoms with Crippen molar-refractivity contribution >= 4 is 0 Å². The zero-order chi connectivity index (χ0) is 13.5. The predicted molar refractivity (Wildman–Crippen MR) is 68.0 cm³/mol. The average Bonchev–Trinajstić information content (AvgIpc) is 2.69. The third kappa shape index (κ3) is 2.59. The number of nitrogens with zero attached hydrogens (tertiary/aromatic N) is 5. The molecule has 0 aliphatic heterocycles. The van der Waals surface area contributed by atoms with Crippen LogP contribution < -0.4 is 0 Å². The molecule has 6 heteroatoms. The summed E-state index contributed by atoms with van der Waals surface area (Å²) in [5.74, 6) is 1.37. The van der Waals surface area contributed by atoms with E-state index in [1.165, 1.54) is 0 Å². The molecule has 0 radical (unpaired) electrons. The molecule has 18 heavy (non-hydrogen) atoms. The summed E-state index contributed by atoms with van der Waals surface area (Å²) >= 11 is 0. The minimum Gasteiger partial charge on any atom is -0.389 e. The fraction of sp³-hybridized carbons (Fsp3) is 0.583. The van der Waals surface area contributed by atoms with E-state index >= 15 is 0 Å². The lowest BCUT2D eigenvalue weighted by Crippen LogP contribution is -2.27. The van der Waals surface area contributed by atoms with E-state index in [1.54, 1.807) is 23.2 Å². The van der Waals surface area contributed by atoms with Crippen LogP contribution in [0.2, 0.25) is 0 Å². The Morgan fingerprint density at radius 2 is 1.94 bits per heavy atom. The highest BCUT2D eigenvalue weighted by molar-refractivity contribution is 5.49. The van der Waals surface area contributed by atoms with Crippen molar-refractivity contribution in [3.8, 4) is 11.5 Å². The van der Waals surface area contributed by atoms with Gasteiger partial charge in [-0.15, -0.1) is 0 Å². The van der Waals surface area contributed by atoms with Crippen LogP contribution in [0.1, 0.15) is 25.4 Å². The van der Waals surface area contributed by atoms with Gasteiger partial charge in [-0.25, -0.2) is 9.67 Å². The monoisotopic (exact) mass is 249 g/mol. The van der Waals surface area contributed by atoms with Gasteiger partial charge in [0.25, 0.3) is 0 Å². The number of hydrogen-bond donors (Lipinski definition) is 1. The van der Waals surface area contributed by atoms with E-state index in [2.05, 4.69) is 15.2 Å². The minimum absolute atomic E-state index is 0.388. The molecule has 2 rings (SSSR count). The normalized spacial score (nSPS) is 12.1. The smallest absolute Gasteiger partial charge is 0.179 e. The van der Waals surface area contributed by atoms with Crippen molar-refractivity contribution in [3.05, 3.63) is 17.6 Å². The van der Waals surface area contributed by atoms with Gasteiger partial charge in [-0.2, -0.15) is 10.2 Å². The molecular weight excluding hydrogens is 230 g/mol. The van der Waals surface area contributed by atoms with E-state index in [-0.39, 0.29) is 0 Å². The summed E-state index contributed by atoms with van der Waals surface area (Å²) < 4.78 is 3.50. The van der Waals surface area contributed by atoms with Gasteiger partial charge >= 0.3 is 0 Å². The lowest BCUT2D eigenvalue weighted by molar-refractivity contribution is 0.0581. The maximum Gasteiger partial charge on any atom is 0.179 e. The van der Waals surface area contributed by atoms with Crippen molar-refractivity contribution in [3.63, 3.8) is 0 Å². The van der Waals surface area contributed by atoms with Crippen LogP contribution in [0, 0.1) is 13.8 Å². The Morgan fingerprint density at radius 3 is 2.44 bits per heavy atom. The number of rotatable bonds is 3. The second-order valence-corrected chi connectivity index (χ2v) is 5.25. The van der Waals surface area contributed by atoms with Gasteiger partial charge in [-0.1, -0.05) is 0 Å². The summed E-state index contributed by atoms with van der Waals surface area (Å²) in [6.45, 7) is 7.70. The molecule has 2 heterocycles. The molecule has 1 N–H and O–H groups in total. The zero-order valence-corrected chi connectivity index (χ0v) is 11.5. The highest BCUT2D eigenvalue weighted by atomic mass is 16.3. The van der Waals surface area contributed by atoms with Crippen LogP contribution in [0.25, 0.3) is 11.5 Å². The molecule has 2 aromatic heterocycles. The van der Waals surface area contributed by atoms with Crippen LogP contribution in [0.3, 0.4) is 0 Å². The van der Waals surface area contributed by atoms with Gasteiger partial charge in [0.05, 0.1) is 12.1 Å². The predicted octanol–water partition coefficient (Wildman–Crippen LogP) is 1.07. The lowest BCUT2D eigenvalue weighted by atomic mass is 10.1. The Hall–Kier alpha value is -1.69. The Bertz CT molecular complexity index is 542. The van der Waals surface area contributed by atoms with Crippen LogP contribution in [-0.2, 0) is 13.6 Å². The minimum atomic E-state index is -0.835. The van der Waals surface area contributed by atoms with Crippen LogP contribution in [-0.4, -0.2) is 35.3 Å². The second-order valence-electron chi connectivity index (χ2n) is 5.25. The van der Waals surface area contributed by atoms with Gasteiger partial charge in [-0.05, 0) is 33.8 Å². The van der Waals surface area contributed by atoms with Crippen LogP contribution in [0.5, 0.6) is 0 Å². The van der Waals surface area contributed by atoms with E-state index in [0.29, 0.717) is 18.2 Å². The topological polar surface area (TPSA) is 68.8 Å². The first kappa shape index (κ1) is 12.8. The van der Waals surface area contributed by atoms with Gasteiger partial charge in [0, 0.05) is 12.7 Å². The van der Waals surface area contributed by atoms with Crippen molar-refractivity contribution in [2.45, 2.75) is 39.8 Å². The van der Waals surface area contributed by atoms with Gasteiger partial charge in [-0.3, -0.25) is 4.68 Å². The van der Waals surface area contributed by atoms with E-state index in [4.69, 9.17) is 0 Å². The molecule has 0 aliphatic carbocycles. The molecule has 2 aromatic rings. The van der Waals surface area contributed by atoms with Crippen molar-refractivity contribution < 1.29 is 5.11 Å². The Kier molecular flexibility index (Phi) is 2.98. The molecule has 98 valence electrons. The second kappa shape index (κ2) is 4.20. The average molecular weight is 249 g/mol. The largest absolute Gasteiger partial charge is 0.389 e. The van der Waals surface area contributed by atoms with Crippen molar-refractivity contribution in [1.29, 1.82) is 0 Å². The molecule has 0 saturated carbocycles. The van der Waals surface area contributed by atoms with Gasteiger partial charge in [0.1, 0.15) is 11.5 Å². The van der Waals surface area contributed by atoms with Crippen LogP contribution >= 0.6 is 0 Å². The van der Waals surface area contributed by atoms with Crippen molar-refractivity contribution in [1.82, 2.24) is 24.5 Å². The maximum atomic E-state index is 9.90. The van der Waals surface area contributed by atoms with Gasteiger partial charge < -0.3 is 5.11 Å². The fourth-order valence-electron chi connectivity index (χ4n) is 1.79. The van der Waals surface area contributed by atoms with E-state index in [1.807, 2.05) is 27.0 Å². The molecule has 6 nitrogen and oxygen atoms in total. The molecular formula is C12H19N5O. The molecule has 0 aromatic carbocycles. The van der Waals surface area contributed by atoms with Crippen LogP contribution in [0.4, 0.5) is 0 Å². The standard InChI is InChI=1S/C12H19N5O/c1-8-6-10(15-16(8)5)11-13-9(2)14-17(11)7-12(3,4)18/h6,18H,7H2,1-5H3. The van der Waals surface area contributed by atoms with Gasteiger partial charge in [0.15, 0.2) is 5.82 Å². The quantitative estimate of drug-likeness (QED) is 0.883. The number of aromatic nitrogens is 5. The molecule has 0 amide bonds. The first-order chi connectivity index (χ1) is 8.26. The zero-order valence-electron chi connectivity index (χ0n) is 11.5. The molecule has 0 fully saturated rings. The van der Waals surface area contributed by atoms with E-state index in [0.717, 1.165) is 11.4 Å². The Balaban J connectivity index is 2.44. The highest BCUT2D eigenvalue weighted by Crippen LogP contribution is 2.18. The summed E-state index contributed by atoms with van der Waals surface area (Å²) in [6.07, 6.45) is 0. The molecule has 0 unspecified atom stereocenters. The Labute approximate surface area is 106 Å². The molecule has 0 spiro atoms. The molecule has 0 aliphatic rings. The van der Waals surface area contributed by atoms with Crippen LogP contribution in [0.15, 0.2) is 6.07 Å².